The molecule has 2 aromatic rings. The van der Waals surface area contributed by atoms with Crippen molar-refractivity contribution in [3.8, 4) is 0 Å². The number of anilines is 1. The molecule has 100 valence electrons. The molecule has 0 amide bonds. The van der Waals surface area contributed by atoms with E-state index in [4.69, 9.17) is 5.11 Å². The lowest BCUT2D eigenvalue weighted by Crippen LogP contribution is -2.25. The Morgan fingerprint density at radius 2 is 2.00 bits per heavy atom. The van der Waals surface area contributed by atoms with Gasteiger partial charge in [0.05, 0.1) is 11.3 Å². The molecule has 19 heavy (non-hydrogen) atoms. The molecule has 7 heteroatoms. The molecule has 0 radical (unpaired) electrons. The molecule has 0 bridgehead atoms. The van der Waals surface area contributed by atoms with Crippen molar-refractivity contribution in [2.24, 2.45) is 0 Å². The van der Waals surface area contributed by atoms with Crippen LogP contribution in [0.5, 0.6) is 0 Å². The number of carbonyl (C=O) groups is 1. The first kappa shape index (κ1) is 13.6. The van der Waals surface area contributed by atoms with Gasteiger partial charge in [0.15, 0.2) is 0 Å². The molecule has 1 aromatic carbocycles. The van der Waals surface area contributed by atoms with E-state index in [1.54, 1.807) is 17.5 Å². The topological polar surface area (TPSA) is 74.7 Å². The summed E-state index contributed by atoms with van der Waals surface area (Å²) in [4.78, 5) is 10.9. The number of thiophene rings is 1. The second-order valence-corrected chi connectivity index (χ2v) is 6.90. The fourth-order valence-electron chi connectivity index (χ4n) is 1.52. The van der Waals surface area contributed by atoms with E-state index in [0.29, 0.717) is 5.69 Å². The van der Waals surface area contributed by atoms with E-state index in [2.05, 4.69) is 0 Å². The lowest BCUT2D eigenvalue weighted by molar-refractivity contribution is 0.0697. The van der Waals surface area contributed by atoms with E-state index in [1.165, 1.54) is 31.3 Å². The molecule has 0 saturated carbocycles. The number of benzene rings is 1. The summed E-state index contributed by atoms with van der Waals surface area (Å²) in [7, 11) is -2.23. The summed E-state index contributed by atoms with van der Waals surface area (Å²) in [5, 5.41) is 10.6. The van der Waals surface area contributed by atoms with Crippen molar-refractivity contribution in [2.75, 3.05) is 11.4 Å². The number of rotatable bonds is 4. The number of nitrogens with zero attached hydrogens (tertiary/aromatic N) is 1. The third-order valence-electron chi connectivity index (χ3n) is 2.57. The van der Waals surface area contributed by atoms with Gasteiger partial charge in [-0.25, -0.2) is 13.2 Å². The average Bonchev–Trinajstić information content (AvgIpc) is 2.92. The third kappa shape index (κ3) is 2.61. The number of carboxylic acid groups (broad SMARTS) is 1. The maximum Gasteiger partial charge on any atom is 0.335 e. The lowest BCUT2D eigenvalue weighted by Gasteiger charge is -2.18. The first-order chi connectivity index (χ1) is 8.93. The van der Waals surface area contributed by atoms with Crippen molar-refractivity contribution in [3.63, 3.8) is 0 Å². The number of hydrogen-bond acceptors (Lipinski definition) is 4. The minimum atomic E-state index is -3.63. The van der Waals surface area contributed by atoms with Gasteiger partial charge < -0.3 is 5.11 Å². The van der Waals surface area contributed by atoms with Gasteiger partial charge in [0.25, 0.3) is 10.0 Å². The molecule has 1 heterocycles. The van der Waals surface area contributed by atoms with Gasteiger partial charge in [-0.05, 0) is 29.6 Å². The van der Waals surface area contributed by atoms with Crippen LogP contribution >= 0.6 is 11.3 Å². The summed E-state index contributed by atoms with van der Waals surface area (Å²) in [6, 6.07) is 8.97. The summed E-state index contributed by atoms with van der Waals surface area (Å²) in [6.45, 7) is 0. The zero-order valence-corrected chi connectivity index (χ0v) is 11.6. The Balaban J connectivity index is 2.42. The summed E-state index contributed by atoms with van der Waals surface area (Å²) >= 11 is 1.12. The van der Waals surface area contributed by atoms with Gasteiger partial charge in [-0.2, -0.15) is 0 Å². The monoisotopic (exact) mass is 297 g/mol. The van der Waals surface area contributed by atoms with Gasteiger partial charge in [-0.3, -0.25) is 4.31 Å². The normalized spacial score (nSPS) is 11.2. The first-order valence-corrected chi connectivity index (χ1v) is 7.60. The predicted octanol–water partition coefficient (Wildman–Crippen LogP) is 2.27. The van der Waals surface area contributed by atoms with Crippen molar-refractivity contribution in [1.82, 2.24) is 0 Å². The molecule has 2 rings (SSSR count). The van der Waals surface area contributed by atoms with Crippen LogP contribution in [0.3, 0.4) is 0 Å². The van der Waals surface area contributed by atoms with Crippen molar-refractivity contribution in [3.05, 3.63) is 47.3 Å². The van der Waals surface area contributed by atoms with Gasteiger partial charge >= 0.3 is 5.97 Å². The molecule has 0 aliphatic carbocycles. The van der Waals surface area contributed by atoms with Crippen LogP contribution in [0.1, 0.15) is 10.4 Å². The summed E-state index contributed by atoms with van der Waals surface area (Å²) in [6.07, 6.45) is 0. The largest absolute Gasteiger partial charge is 0.478 e. The fraction of sp³-hybridized carbons (Fsp3) is 0.0833. The molecule has 0 saturated heterocycles. The quantitative estimate of drug-likeness (QED) is 0.939. The summed E-state index contributed by atoms with van der Waals surface area (Å²) in [5.41, 5.74) is 0.360. The summed E-state index contributed by atoms with van der Waals surface area (Å²) < 4.78 is 25.8. The Hall–Kier alpha value is -1.86. The molecule has 0 aliphatic rings. The molecular formula is C12H11NO4S2. The Kier molecular flexibility index (Phi) is 3.59. The Morgan fingerprint density at radius 3 is 2.58 bits per heavy atom. The van der Waals surface area contributed by atoms with Crippen LogP contribution in [0.2, 0.25) is 0 Å². The van der Waals surface area contributed by atoms with Crippen LogP contribution in [-0.4, -0.2) is 26.5 Å². The highest BCUT2D eigenvalue weighted by molar-refractivity contribution is 7.94. The maximum atomic E-state index is 12.3. The van der Waals surface area contributed by atoms with Gasteiger partial charge in [0.1, 0.15) is 4.21 Å². The van der Waals surface area contributed by atoms with Crippen LogP contribution in [0, 0.1) is 0 Å². The van der Waals surface area contributed by atoms with Crippen LogP contribution in [-0.2, 0) is 10.0 Å². The van der Waals surface area contributed by atoms with Gasteiger partial charge in [-0.15, -0.1) is 11.3 Å². The number of carboxylic acids is 1. The molecular weight excluding hydrogens is 286 g/mol. The molecule has 5 nitrogen and oxygen atoms in total. The van der Waals surface area contributed by atoms with Gasteiger partial charge in [0.2, 0.25) is 0 Å². The highest BCUT2D eigenvalue weighted by Crippen LogP contribution is 2.25. The second-order valence-electron chi connectivity index (χ2n) is 3.76. The van der Waals surface area contributed by atoms with Crippen LogP contribution in [0.25, 0.3) is 0 Å². The SMILES string of the molecule is CN(c1cccc(C(=O)O)c1)S(=O)(=O)c1cccs1. The van der Waals surface area contributed by atoms with E-state index >= 15 is 0 Å². The van der Waals surface area contributed by atoms with E-state index in [9.17, 15) is 13.2 Å². The number of sulfonamides is 1. The average molecular weight is 297 g/mol. The van der Waals surface area contributed by atoms with Crippen molar-refractivity contribution in [1.29, 1.82) is 0 Å². The zero-order chi connectivity index (χ0) is 14.0. The second kappa shape index (κ2) is 5.02. The highest BCUT2D eigenvalue weighted by Gasteiger charge is 2.22. The lowest BCUT2D eigenvalue weighted by atomic mass is 10.2. The summed E-state index contributed by atoms with van der Waals surface area (Å²) in [5.74, 6) is -1.09. The molecule has 0 fully saturated rings. The Morgan fingerprint density at radius 1 is 1.26 bits per heavy atom. The van der Waals surface area contributed by atoms with Gasteiger partial charge in [-0.1, -0.05) is 12.1 Å². The van der Waals surface area contributed by atoms with Crippen LogP contribution in [0.4, 0.5) is 5.69 Å². The van der Waals surface area contributed by atoms with E-state index in [-0.39, 0.29) is 9.77 Å². The first-order valence-electron chi connectivity index (χ1n) is 5.29. The van der Waals surface area contributed by atoms with Crippen LogP contribution < -0.4 is 4.31 Å². The van der Waals surface area contributed by atoms with E-state index in [0.717, 1.165) is 15.6 Å². The van der Waals surface area contributed by atoms with Crippen molar-refractivity contribution < 1.29 is 18.3 Å². The molecule has 0 spiro atoms. The third-order valence-corrected chi connectivity index (χ3v) is 5.73. The number of aromatic carboxylic acids is 1. The predicted molar refractivity (Wildman–Crippen MR) is 73.3 cm³/mol. The molecule has 0 aliphatic heterocycles. The van der Waals surface area contributed by atoms with Crippen molar-refractivity contribution >= 4 is 33.0 Å². The minimum absolute atomic E-state index is 0.0470. The molecule has 1 aromatic heterocycles. The Bertz CT molecular complexity index is 692. The van der Waals surface area contributed by atoms with E-state index in [1.807, 2.05) is 0 Å². The van der Waals surface area contributed by atoms with Crippen molar-refractivity contribution in [2.45, 2.75) is 4.21 Å². The molecule has 0 atom stereocenters. The van der Waals surface area contributed by atoms with Gasteiger partial charge in [0, 0.05) is 7.05 Å². The highest BCUT2D eigenvalue weighted by atomic mass is 32.2. The number of hydrogen-bond donors (Lipinski definition) is 1. The Labute approximate surface area is 114 Å². The van der Waals surface area contributed by atoms with E-state index < -0.39 is 16.0 Å². The molecule has 0 unspecified atom stereocenters. The molecule has 1 N–H and O–H groups in total. The standard InChI is InChI=1S/C12H11NO4S2/c1-13(19(16,17)11-6-3-7-18-11)10-5-2-4-9(8-10)12(14)15/h2-8H,1H3,(H,14,15). The van der Waals surface area contributed by atoms with Crippen LogP contribution in [0.15, 0.2) is 46.0 Å². The zero-order valence-electron chi connectivity index (χ0n) is 9.98. The fourth-order valence-corrected chi connectivity index (χ4v) is 3.87. The maximum absolute atomic E-state index is 12.3. The minimum Gasteiger partial charge on any atom is -0.478 e. The smallest absolute Gasteiger partial charge is 0.335 e.